The van der Waals surface area contributed by atoms with Gasteiger partial charge in [0.25, 0.3) is 5.56 Å². The molecule has 27 heavy (non-hydrogen) atoms. The van der Waals surface area contributed by atoms with E-state index < -0.39 is 0 Å². The lowest BCUT2D eigenvalue weighted by Gasteiger charge is -2.32. The molecule has 3 aromatic heterocycles. The molecule has 4 heterocycles. The number of pyridine rings is 1. The molecular weight excluding hydrogens is 340 g/mol. The van der Waals surface area contributed by atoms with Crippen molar-refractivity contribution in [1.82, 2.24) is 24.7 Å². The molecule has 0 amide bonds. The number of aromatic nitrogens is 5. The number of piperidine rings is 1. The Morgan fingerprint density at radius 2 is 1.74 bits per heavy atom. The van der Waals surface area contributed by atoms with Crippen molar-refractivity contribution >= 4 is 5.95 Å². The zero-order chi connectivity index (χ0) is 18.6. The van der Waals surface area contributed by atoms with Crippen LogP contribution >= 0.6 is 0 Å². The Morgan fingerprint density at radius 1 is 1.04 bits per heavy atom. The number of aryl methyl sites for hydroxylation is 1. The summed E-state index contributed by atoms with van der Waals surface area (Å²) in [6.07, 6.45) is 9.14. The van der Waals surface area contributed by atoms with E-state index >= 15 is 0 Å². The van der Waals surface area contributed by atoms with Crippen LogP contribution in [0.5, 0.6) is 0 Å². The molecule has 1 aliphatic heterocycles. The van der Waals surface area contributed by atoms with Crippen molar-refractivity contribution in [2.75, 3.05) is 18.0 Å². The van der Waals surface area contributed by atoms with E-state index in [1.165, 1.54) is 0 Å². The minimum atomic E-state index is -0.0582. The molecule has 138 valence electrons. The maximum atomic E-state index is 12.3. The van der Waals surface area contributed by atoms with Gasteiger partial charge in [0.05, 0.1) is 5.69 Å². The fourth-order valence-electron chi connectivity index (χ4n) is 3.37. The van der Waals surface area contributed by atoms with Crippen molar-refractivity contribution in [3.63, 3.8) is 0 Å². The van der Waals surface area contributed by atoms with E-state index in [9.17, 15) is 4.79 Å². The summed E-state index contributed by atoms with van der Waals surface area (Å²) >= 11 is 0. The van der Waals surface area contributed by atoms with Gasteiger partial charge in [0.1, 0.15) is 0 Å². The van der Waals surface area contributed by atoms with Gasteiger partial charge in [-0.2, -0.15) is 5.10 Å². The number of hydrogen-bond acceptors (Lipinski definition) is 6. The van der Waals surface area contributed by atoms with Crippen LogP contribution in [0.25, 0.3) is 11.3 Å². The topological polar surface area (TPSA) is 76.8 Å². The van der Waals surface area contributed by atoms with Crippen molar-refractivity contribution in [2.24, 2.45) is 5.92 Å². The first-order valence-corrected chi connectivity index (χ1v) is 9.21. The van der Waals surface area contributed by atoms with Crippen LogP contribution in [-0.4, -0.2) is 37.8 Å². The van der Waals surface area contributed by atoms with Gasteiger partial charge < -0.3 is 4.90 Å². The molecule has 0 bridgehead atoms. The summed E-state index contributed by atoms with van der Waals surface area (Å²) in [6.45, 7) is 4.42. The van der Waals surface area contributed by atoms with Crippen LogP contribution in [0.1, 0.15) is 18.4 Å². The van der Waals surface area contributed by atoms with Gasteiger partial charge in [0.15, 0.2) is 0 Å². The number of hydrogen-bond donors (Lipinski definition) is 0. The highest BCUT2D eigenvalue weighted by atomic mass is 16.1. The van der Waals surface area contributed by atoms with E-state index in [0.717, 1.165) is 48.7 Å². The van der Waals surface area contributed by atoms with Crippen LogP contribution in [0.2, 0.25) is 0 Å². The lowest BCUT2D eigenvalue weighted by atomic mass is 9.97. The molecule has 0 radical (unpaired) electrons. The van der Waals surface area contributed by atoms with Crippen molar-refractivity contribution < 1.29 is 0 Å². The Kier molecular flexibility index (Phi) is 4.91. The molecule has 0 atom stereocenters. The van der Waals surface area contributed by atoms with Gasteiger partial charge in [-0.1, -0.05) is 0 Å². The second-order valence-electron chi connectivity index (χ2n) is 6.97. The molecule has 0 saturated carbocycles. The molecule has 0 aromatic carbocycles. The molecule has 0 unspecified atom stereocenters. The number of nitrogens with zero attached hydrogens (tertiary/aromatic N) is 6. The molecule has 4 rings (SSSR count). The third kappa shape index (κ3) is 4.02. The minimum Gasteiger partial charge on any atom is -0.341 e. The highest BCUT2D eigenvalue weighted by Crippen LogP contribution is 2.22. The van der Waals surface area contributed by atoms with Gasteiger partial charge >= 0.3 is 0 Å². The van der Waals surface area contributed by atoms with E-state index in [-0.39, 0.29) is 5.56 Å². The Hall–Kier alpha value is -3.09. The molecule has 7 nitrogen and oxygen atoms in total. The first kappa shape index (κ1) is 17.3. The molecule has 3 aromatic rings. The molecule has 0 N–H and O–H groups in total. The van der Waals surface area contributed by atoms with E-state index in [2.05, 4.69) is 25.0 Å². The van der Waals surface area contributed by atoms with Crippen LogP contribution in [0, 0.1) is 12.8 Å². The second kappa shape index (κ2) is 7.65. The maximum absolute atomic E-state index is 12.3. The summed E-state index contributed by atoms with van der Waals surface area (Å²) in [4.78, 5) is 27.3. The van der Waals surface area contributed by atoms with Crippen molar-refractivity contribution in [3.05, 3.63) is 65.0 Å². The summed E-state index contributed by atoms with van der Waals surface area (Å²) in [6, 6.07) is 7.16. The summed E-state index contributed by atoms with van der Waals surface area (Å²) in [5.74, 6) is 1.21. The molecule has 0 aliphatic carbocycles. The van der Waals surface area contributed by atoms with Crippen LogP contribution in [0.4, 0.5) is 5.95 Å². The monoisotopic (exact) mass is 362 g/mol. The van der Waals surface area contributed by atoms with E-state index in [1.807, 2.05) is 31.5 Å². The Labute approximate surface area is 157 Å². The summed E-state index contributed by atoms with van der Waals surface area (Å²) < 4.78 is 1.60. The lowest BCUT2D eigenvalue weighted by molar-refractivity contribution is 0.334. The fraction of sp³-hybridized carbons (Fsp3) is 0.350. The van der Waals surface area contributed by atoms with Gasteiger partial charge in [-0.05, 0) is 49.4 Å². The van der Waals surface area contributed by atoms with Gasteiger partial charge in [0.2, 0.25) is 5.95 Å². The fourth-order valence-corrected chi connectivity index (χ4v) is 3.37. The van der Waals surface area contributed by atoms with Crippen molar-refractivity contribution in [2.45, 2.75) is 26.3 Å². The molecule has 7 heteroatoms. The molecule has 1 fully saturated rings. The van der Waals surface area contributed by atoms with Crippen LogP contribution in [0.3, 0.4) is 0 Å². The number of anilines is 1. The Morgan fingerprint density at radius 3 is 2.44 bits per heavy atom. The smallest absolute Gasteiger partial charge is 0.266 e. The number of rotatable bonds is 4. The Bertz CT molecular complexity index is 946. The molecule has 1 aliphatic rings. The highest BCUT2D eigenvalue weighted by Gasteiger charge is 2.22. The largest absolute Gasteiger partial charge is 0.341 e. The maximum Gasteiger partial charge on any atom is 0.266 e. The normalized spacial score (nSPS) is 15.1. The van der Waals surface area contributed by atoms with Crippen LogP contribution in [0.15, 0.2) is 53.8 Å². The van der Waals surface area contributed by atoms with Crippen molar-refractivity contribution in [3.8, 4) is 11.3 Å². The second-order valence-corrected chi connectivity index (χ2v) is 6.97. The van der Waals surface area contributed by atoms with E-state index in [4.69, 9.17) is 0 Å². The van der Waals surface area contributed by atoms with Gasteiger partial charge in [-0.15, -0.1) is 0 Å². The first-order valence-electron chi connectivity index (χ1n) is 9.21. The highest BCUT2D eigenvalue weighted by molar-refractivity contribution is 5.56. The standard InChI is InChI=1S/C20H22N6O/c1-15-12-22-20(23-13-15)25-10-6-16(7-11-25)14-26-19(27)3-2-18(24-26)17-4-8-21-9-5-17/h2-5,8-9,12-13,16H,6-7,10-11,14H2,1H3. The minimum absolute atomic E-state index is 0.0582. The van der Waals surface area contributed by atoms with E-state index in [0.29, 0.717) is 12.5 Å². The van der Waals surface area contributed by atoms with Crippen LogP contribution < -0.4 is 10.5 Å². The quantitative estimate of drug-likeness (QED) is 0.709. The summed E-state index contributed by atoms with van der Waals surface area (Å²) in [5, 5.41) is 4.56. The summed E-state index contributed by atoms with van der Waals surface area (Å²) in [5.41, 5.74) is 2.76. The first-order chi connectivity index (χ1) is 13.2. The molecule has 0 spiro atoms. The van der Waals surface area contributed by atoms with Crippen LogP contribution in [-0.2, 0) is 6.54 Å². The SMILES string of the molecule is Cc1cnc(N2CCC(Cn3nc(-c4ccncc4)ccc3=O)CC2)nc1. The van der Waals surface area contributed by atoms with Gasteiger partial charge in [-0.25, -0.2) is 14.6 Å². The zero-order valence-electron chi connectivity index (χ0n) is 15.3. The molecule has 1 saturated heterocycles. The third-order valence-electron chi connectivity index (χ3n) is 4.94. The zero-order valence-corrected chi connectivity index (χ0v) is 15.3. The summed E-state index contributed by atoms with van der Waals surface area (Å²) in [7, 11) is 0. The average molecular weight is 362 g/mol. The third-order valence-corrected chi connectivity index (χ3v) is 4.94. The van der Waals surface area contributed by atoms with E-state index in [1.54, 1.807) is 29.2 Å². The van der Waals surface area contributed by atoms with Crippen molar-refractivity contribution in [1.29, 1.82) is 0 Å². The Balaban J connectivity index is 1.43. The molecular formula is C20H22N6O. The lowest BCUT2D eigenvalue weighted by Crippen LogP contribution is -2.37. The van der Waals surface area contributed by atoms with Gasteiger partial charge in [0, 0.05) is 56.1 Å². The van der Waals surface area contributed by atoms with Gasteiger partial charge in [-0.3, -0.25) is 9.78 Å². The average Bonchev–Trinajstić information content (AvgIpc) is 2.71. The predicted octanol–water partition coefficient (Wildman–Crippen LogP) is 2.32. The predicted molar refractivity (Wildman–Crippen MR) is 103 cm³/mol.